The highest BCUT2D eigenvalue weighted by Crippen LogP contribution is 2.37. The number of hydrogen-bond acceptors (Lipinski definition) is 3. The Morgan fingerprint density at radius 3 is 2.69 bits per heavy atom. The second kappa shape index (κ2) is 3.12. The third-order valence-corrected chi connectivity index (χ3v) is 2.55. The molecule has 1 saturated carbocycles. The van der Waals surface area contributed by atoms with Crippen molar-refractivity contribution >= 4 is 0 Å². The van der Waals surface area contributed by atoms with Crippen molar-refractivity contribution < 1.29 is 10.2 Å². The highest BCUT2D eigenvalue weighted by Gasteiger charge is 2.36. The van der Waals surface area contributed by atoms with Gasteiger partial charge in [-0.05, 0) is 18.8 Å². The number of imidazole rings is 1. The van der Waals surface area contributed by atoms with Gasteiger partial charge in [0.15, 0.2) is 0 Å². The van der Waals surface area contributed by atoms with E-state index in [-0.39, 0.29) is 5.92 Å². The van der Waals surface area contributed by atoms with Crippen LogP contribution < -0.4 is 0 Å². The predicted molar refractivity (Wildman–Crippen MR) is 46.9 cm³/mol. The zero-order valence-corrected chi connectivity index (χ0v) is 7.59. The Kier molecular flexibility index (Phi) is 2.09. The van der Waals surface area contributed by atoms with Gasteiger partial charge >= 0.3 is 0 Å². The minimum absolute atomic E-state index is 0.270. The molecular formula is C9H14N2O2. The number of aliphatic hydroxyl groups is 2. The Morgan fingerprint density at radius 1 is 1.54 bits per heavy atom. The van der Waals surface area contributed by atoms with Gasteiger partial charge < -0.3 is 14.8 Å². The monoisotopic (exact) mass is 182 g/mol. The van der Waals surface area contributed by atoms with E-state index in [1.807, 2.05) is 7.05 Å². The summed E-state index contributed by atoms with van der Waals surface area (Å²) in [5.74, 6) is 0.811. The Balaban J connectivity index is 2.11. The summed E-state index contributed by atoms with van der Waals surface area (Å²) in [6.45, 7) is 0. The molecule has 1 fully saturated rings. The molecule has 1 aliphatic rings. The standard InChI is InChI=1S/C9H14N2O2/c1-11-5-4-10-9(11)8(13)7(12)6-2-3-6/h4-8,12-13H,2-3H2,1H3. The lowest BCUT2D eigenvalue weighted by molar-refractivity contribution is -0.00164. The largest absolute Gasteiger partial charge is 0.390 e. The molecule has 2 atom stereocenters. The number of aromatic nitrogens is 2. The van der Waals surface area contributed by atoms with E-state index in [0.717, 1.165) is 12.8 Å². The first-order chi connectivity index (χ1) is 6.20. The predicted octanol–water partition coefficient (Wildman–Crippen LogP) is 0.224. The molecule has 1 aromatic heterocycles. The zero-order valence-electron chi connectivity index (χ0n) is 7.59. The van der Waals surface area contributed by atoms with Crippen LogP contribution in [0.15, 0.2) is 12.4 Å². The molecule has 72 valence electrons. The van der Waals surface area contributed by atoms with Crippen molar-refractivity contribution in [3.05, 3.63) is 18.2 Å². The van der Waals surface area contributed by atoms with Gasteiger partial charge in [0.2, 0.25) is 0 Å². The summed E-state index contributed by atoms with van der Waals surface area (Å²) in [6.07, 6.45) is 3.93. The van der Waals surface area contributed by atoms with Crippen LogP contribution >= 0.6 is 0 Å². The van der Waals surface area contributed by atoms with Crippen molar-refractivity contribution in [1.82, 2.24) is 9.55 Å². The second-order valence-electron chi connectivity index (χ2n) is 3.67. The summed E-state index contributed by atoms with van der Waals surface area (Å²) in [4.78, 5) is 4.00. The lowest BCUT2D eigenvalue weighted by Gasteiger charge is -2.16. The molecule has 1 heterocycles. The van der Waals surface area contributed by atoms with Crippen LogP contribution in [0.5, 0.6) is 0 Å². The van der Waals surface area contributed by atoms with E-state index in [0.29, 0.717) is 5.82 Å². The molecule has 0 radical (unpaired) electrons. The lowest BCUT2D eigenvalue weighted by atomic mass is 10.1. The van der Waals surface area contributed by atoms with Crippen LogP contribution in [0.25, 0.3) is 0 Å². The summed E-state index contributed by atoms with van der Waals surface area (Å²) in [7, 11) is 1.81. The molecule has 0 spiro atoms. The molecule has 1 aromatic rings. The summed E-state index contributed by atoms with van der Waals surface area (Å²) in [5, 5.41) is 19.4. The second-order valence-corrected chi connectivity index (χ2v) is 3.67. The smallest absolute Gasteiger partial charge is 0.140 e. The van der Waals surface area contributed by atoms with E-state index in [1.54, 1.807) is 17.0 Å². The van der Waals surface area contributed by atoms with Crippen LogP contribution in [0.4, 0.5) is 0 Å². The molecule has 4 nitrogen and oxygen atoms in total. The normalized spacial score (nSPS) is 21.5. The fourth-order valence-electron chi connectivity index (χ4n) is 1.51. The van der Waals surface area contributed by atoms with Gasteiger partial charge in [0.1, 0.15) is 11.9 Å². The Bertz CT molecular complexity index is 294. The maximum absolute atomic E-state index is 9.74. The number of rotatable bonds is 3. The molecule has 0 aliphatic heterocycles. The van der Waals surface area contributed by atoms with Crippen molar-refractivity contribution in [3.8, 4) is 0 Å². The maximum Gasteiger partial charge on any atom is 0.140 e. The van der Waals surface area contributed by atoms with Gasteiger partial charge in [0.25, 0.3) is 0 Å². The summed E-state index contributed by atoms with van der Waals surface area (Å²) in [5.41, 5.74) is 0. The van der Waals surface area contributed by atoms with Crippen molar-refractivity contribution in [1.29, 1.82) is 0 Å². The number of aliphatic hydroxyl groups excluding tert-OH is 2. The SMILES string of the molecule is Cn1ccnc1C(O)C(O)C1CC1. The van der Waals surface area contributed by atoms with Crippen molar-refractivity contribution in [2.24, 2.45) is 13.0 Å². The van der Waals surface area contributed by atoms with Crippen molar-refractivity contribution in [2.75, 3.05) is 0 Å². The van der Waals surface area contributed by atoms with Gasteiger partial charge in [-0.25, -0.2) is 4.98 Å². The first kappa shape index (κ1) is 8.72. The number of hydrogen-bond donors (Lipinski definition) is 2. The van der Waals surface area contributed by atoms with E-state index < -0.39 is 12.2 Å². The average Bonchev–Trinajstić information content (AvgIpc) is 2.87. The Morgan fingerprint density at radius 2 is 2.23 bits per heavy atom. The number of nitrogens with zero attached hydrogens (tertiary/aromatic N) is 2. The maximum atomic E-state index is 9.74. The van der Waals surface area contributed by atoms with Crippen LogP contribution in [-0.4, -0.2) is 25.9 Å². The summed E-state index contributed by atoms with van der Waals surface area (Å²) < 4.78 is 1.73. The van der Waals surface area contributed by atoms with E-state index in [9.17, 15) is 10.2 Å². The minimum atomic E-state index is -0.840. The van der Waals surface area contributed by atoms with Gasteiger partial charge in [-0.3, -0.25) is 0 Å². The van der Waals surface area contributed by atoms with E-state index in [1.165, 1.54) is 0 Å². The van der Waals surface area contributed by atoms with Gasteiger partial charge in [-0.2, -0.15) is 0 Å². The Labute approximate surface area is 76.8 Å². The Hall–Kier alpha value is -0.870. The molecule has 0 amide bonds. The van der Waals surface area contributed by atoms with Crippen molar-refractivity contribution in [2.45, 2.75) is 25.0 Å². The topological polar surface area (TPSA) is 58.3 Å². The van der Waals surface area contributed by atoms with Crippen LogP contribution in [0.1, 0.15) is 24.8 Å². The molecule has 4 heteroatoms. The number of aryl methyl sites for hydroxylation is 1. The minimum Gasteiger partial charge on any atom is -0.390 e. The molecule has 1 aliphatic carbocycles. The third-order valence-electron chi connectivity index (χ3n) is 2.55. The van der Waals surface area contributed by atoms with Crippen molar-refractivity contribution in [3.63, 3.8) is 0 Å². The van der Waals surface area contributed by atoms with Crippen LogP contribution in [0, 0.1) is 5.92 Å². The summed E-state index contributed by atoms with van der Waals surface area (Å²) in [6, 6.07) is 0. The highest BCUT2D eigenvalue weighted by atomic mass is 16.3. The van der Waals surface area contributed by atoms with Crippen LogP contribution in [0.2, 0.25) is 0 Å². The first-order valence-electron chi connectivity index (χ1n) is 4.53. The van der Waals surface area contributed by atoms with E-state index in [4.69, 9.17) is 0 Å². The first-order valence-corrected chi connectivity index (χ1v) is 4.53. The molecular weight excluding hydrogens is 168 g/mol. The molecule has 2 unspecified atom stereocenters. The van der Waals surface area contributed by atoms with E-state index in [2.05, 4.69) is 4.98 Å². The fraction of sp³-hybridized carbons (Fsp3) is 0.667. The van der Waals surface area contributed by atoms with E-state index >= 15 is 0 Å². The highest BCUT2D eigenvalue weighted by molar-refractivity contribution is 5.00. The van der Waals surface area contributed by atoms with Gasteiger partial charge in [0.05, 0.1) is 6.10 Å². The fourth-order valence-corrected chi connectivity index (χ4v) is 1.51. The molecule has 0 saturated heterocycles. The quantitative estimate of drug-likeness (QED) is 0.703. The van der Waals surface area contributed by atoms with Gasteiger partial charge in [-0.1, -0.05) is 0 Å². The van der Waals surface area contributed by atoms with Crippen LogP contribution in [0.3, 0.4) is 0 Å². The molecule has 2 rings (SSSR count). The molecule has 0 aromatic carbocycles. The van der Waals surface area contributed by atoms with Crippen LogP contribution in [-0.2, 0) is 7.05 Å². The van der Waals surface area contributed by atoms with Gasteiger partial charge in [0, 0.05) is 19.4 Å². The molecule has 0 bridgehead atoms. The molecule has 13 heavy (non-hydrogen) atoms. The van der Waals surface area contributed by atoms with Gasteiger partial charge in [-0.15, -0.1) is 0 Å². The zero-order chi connectivity index (χ0) is 9.42. The lowest BCUT2D eigenvalue weighted by Crippen LogP contribution is -2.22. The third kappa shape index (κ3) is 1.59. The molecule has 2 N–H and O–H groups in total. The summed E-state index contributed by atoms with van der Waals surface area (Å²) >= 11 is 0. The average molecular weight is 182 g/mol.